The third-order valence-corrected chi connectivity index (χ3v) is 3.88. The molecular formula is C15H20FNO2. The first-order valence-corrected chi connectivity index (χ1v) is 6.79. The number of hydrogen-bond donors (Lipinski definition) is 1. The smallest absolute Gasteiger partial charge is 0.332 e. The summed E-state index contributed by atoms with van der Waals surface area (Å²) in [7, 11) is 0. The molecule has 19 heavy (non-hydrogen) atoms. The zero-order chi connectivity index (χ0) is 13.9. The number of carbonyl (C=O) groups is 1. The van der Waals surface area contributed by atoms with Crippen molar-refractivity contribution in [1.82, 2.24) is 0 Å². The number of esters is 1. The summed E-state index contributed by atoms with van der Waals surface area (Å²) in [5.41, 5.74) is -0.0918. The van der Waals surface area contributed by atoms with Gasteiger partial charge >= 0.3 is 5.97 Å². The Bertz CT molecular complexity index is 463. The van der Waals surface area contributed by atoms with Crippen molar-refractivity contribution < 1.29 is 13.9 Å². The summed E-state index contributed by atoms with van der Waals surface area (Å²) in [5, 5.41) is 3.22. The molecule has 0 heterocycles. The molecule has 0 aliphatic heterocycles. The Kier molecular flexibility index (Phi) is 4.08. The predicted octanol–water partition coefficient (Wildman–Crippen LogP) is 3.36. The molecule has 4 heteroatoms. The summed E-state index contributed by atoms with van der Waals surface area (Å²) < 4.78 is 18.5. The molecule has 1 aromatic rings. The molecule has 3 nitrogen and oxygen atoms in total. The predicted molar refractivity (Wildman–Crippen MR) is 72.4 cm³/mol. The van der Waals surface area contributed by atoms with E-state index in [4.69, 9.17) is 4.74 Å². The number of halogens is 1. The summed E-state index contributed by atoms with van der Waals surface area (Å²) in [5.74, 6) is -0.367. The monoisotopic (exact) mass is 265 g/mol. The highest BCUT2D eigenvalue weighted by Crippen LogP contribution is 2.39. The van der Waals surface area contributed by atoms with Crippen LogP contribution in [0.1, 0.15) is 33.1 Å². The molecule has 1 aromatic carbocycles. The first kappa shape index (κ1) is 13.8. The lowest BCUT2D eigenvalue weighted by Gasteiger charge is -2.33. The summed E-state index contributed by atoms with van der Waals surface area (Å²) >= 11 is 0. The van der Waals surface area contributed by atoms with Crippen molar-refractivity contribution in [2.75, 3.05) is 11.9 Å². The highest BCUT2D eigenvalue weighted by atomic mass is 19.1. The van der Waals surface area contributed by atoms with E-state index in [0.29, 0.717) is 12.3 Å². The van der Waals surface area contributed by atoms with Gasteiger partial charge in [-0.15, -0.1) is 0 Å². The Morgan fingerprint density at radius 3 is 2.95 bits per heavy atom. The molecule has 0 spiro atoms. The van der Waals surface area contributed by atoms with E-state index in [0.717, 1.165) is 19.3 Å². The van der Waals surface area contributed by atoms with E-state index in [9.17, 15) is 9.18 Å². The molecule has 0 bridgehead atoms. The van der Waals surface area contributed by atoms with E-state index in [-0.39, 0.29) is 17.7 Å². The van der Waals surface area contributed by atoms with Crippen molar-refractivity contribution in [2.24, 2.45) is 5.92 Å². The van der Waals surface area contributed by atoms with Gasteiger partial charge in [0.15, 0.2) is 0 Å². The van der Waals surface area contributed by atoms with Gasteiger partial charge in [0, 0.05) is 5.69 Å². The van der Waals surface area contributed by atoms with Gasteiger partial charge in [0.2, 0.25) is 0 Å². The normalized spacial score (nSPS) is 26.2. The fraction of sp³-hybridized carbons (Fsp3) is 0.533. The number of carbonyl (C=O) groups excluding carboxylic acids is 1. The third kappa shape index (κ3) is 2.72. The van der Waals surface area contributed by atoms with Crippen molar-refractivity contribution >= 4 is 11.7 Å². The standard InChI is InChI=1S/C15H20FNO2/c1-3-19-14(18)15(9-5-6-11(15)2)17-13-8-4-7-12(16)10-13/h4,7-8,10-11,17H,3,5-6,9H2,1-2H3. The average molecular weight is 265 g/mol. The largest absolute Gasteiger partial charge is 0.464 e. The van der Waals surface area contributed by atoms with Crippen LogP contribution in [0.25, 0.3) is 0 Å². The van der Waals surface area contributed by atoms with Gasteiger partial charge in [-0.1, -0.05) is 19.4 Å². The van der Waals surface area contributed by atoms with Crippen LogP contribution in [0.5, 0.6) is 0 Å². The minimum absolute atomic E-state index is 0.176. The van der Waals surface area contributed by atoms with Crippen molar-refractivity contribution in [1.29, 1.82) is 0 Å². The molecule has 2 rings (SSSR count). The van der Waals surface area contributed by atoms with Crippen molar-refractivity contribution in [3.05, 3.63) is 30.1 Å². The van der Waals surface area contributed by atoms with Crippen molar-refractivity contribution in [2.45, 2.75) is 38.6 Å². The first-order chi connectivity index (χ1) is 9.08. The molecule has 0 radical (unpaired) electrons. The number of rotatable bonds is 4. The molecule has 1 saturated carbocycles. The minimum atomic E-state index is -0.718. The third-order valence-electron chi connectivity index (χ3n) is 3.88. The van der Waals surface area contributed by atoms with Gasteiger partial charge in [0.1, 0.15) is 11.4 Å². The number of ether oxygens (including phenoxy) is 1. The Morgan fingerprint density at radius 1 is 1.58 bits per heavy atom. The van der Waals surface area contributed by atoms with Crippen molar-refractivity contribution in [3.63, 3.8) is 0 Å². The van der Waals surface area contributed by atoms with Crippen LogP contribution in [0.2, 0.25) is 0 Å². The van der Waals surface area contributed by atoms with Gasteiger partial charge < -0.3 is 10.1 Å². The Labute approximate surface area is 113 Å². The lowest BCUT2D eigenvalue weighted by molar-refractivity contribution is -0.149. The topological polar surface area (TPSA) is 38.3 Å². The van der Waals surface area contributed by atoms with Crippen LogP contribution in [0.4, 0.5) is 10.1 Å². The second-order valence-electron chi connectivity index (χ2n) is 5.12. The molecule has 0 saturated heterocycles. The maximum atomic E-state index is 13.3. The molecule has 2 atom stereocenters. The van der Waals surface area contributed by atoms with E-state index in [2.05, 4.69) is 5.32 Å². The second kappa shape index (κ2) is 5.59. The van der Waals surface area contributed by atoms with Crippen LogP contribution >= 0.6 is 0 Å². The molecule has 1 N–H and O–H groups in total. The van der Waals surface area contributed by atoms with E-state index in [1.807, 2.05) is 6.92 Å². The van der Waals surface area contributed by atoms with Crippen LogP contribution in [0.3, 0.4) is 0 Å². The van der Waals surface area contributed by atoms with Crippen LogP contribution in [-0.4, -0.2) is 18.1 Å². The first-order valence-electron chi connectivity index (χ1n) is 6.79. The summed E-state index contributed by atoms with van der Waals surface area (Å²) in [6, 6.07) is 6.21. The molecule has 0 amide bonds. The van der Waals surface area contributed by atoms with Gasteiger partial charge in [-0.3, -0.25) is 0 Å². The number of benzene rings is 1. The molecule has 1 fully saturated rings. The van der Waals surface area contributed by atoms with Crippen LogP contribution in [0.15, 0.2) is 24.3 Å². The van der Waals surface area contributed by atoms with Crippen LogP contribution < -0.4 is 5.32 Å². The minimum Gasteiger partial charge on any atom is -0.464 e. The Hall–Kier alpha value is -1.58. The molecule has 1 aliphatic carbocycles. The van der Waals surface area contributed by atoms with Gasteiger partial charge in [0.25, 0.3) is 0 Å². The maximum absolute atomic E-state index is 13.3. The number of hydrogen-bond acceptors (Lipinski definition) is 3. The SMILES string of the molecule is CCOC(=O)C1(Nc2cccc(F)c2)CCCC1C. The fourth-order valence-electron chi connectivity index (χ4n) is 2.80. The van der Waals surface area contributed by atoms with Crippen LogP contribution in [0, 0.1) is 11.7 Å². The van der Waals surface area contributed by atoms with E-state index in [1.165, 1.54) is 12.1 Å². The lowest BCUT2D eigenvalue weighted by Crippen LogP contribution is -2.49. The molecule has 2 unspecified atom stereocenters. The van der Waals surface area contributed by atoms with Gasteiger partial charge in [0.05, 0.1) is 6.61 Å². The summed E-state index contributed by atoms with van der Waals surface area (Å²) in [4.78, 5) is 12.3. The van der Waals surface area contributed by atoms with E-state index >= 15 is 0 Å². The highest BCUT2D eigenvalue weighted by molar-refractivity contribution is 5.85. The van der Waals surface area contributed by atoms with Gasteiger partial charge in [-0.25, -0.2) is 9.18 Å². The highest BCUT2D eigenvalue weighted by Gasteiger charge is 2.48. The maximum Gasteiger partial charge on any atom is 0.332 e. The molecule has 0 aromatic heterocycles. The van der Waals surface area contributed by atoms with Crippen LogP contribution in [-0.2, 0) is 9.53 Å². The Morgan fingerprint density at radius 2 is 2.37 bits per heavy atom. The zero-order valence-electron chi connectivity index (χ0n) is 11.4. The molecule has 1 aliphatic rings. The van der Waals surface area contributed by atoms with Gasteiger partial charge in [-0.05, 0) is 43.9 Å². The van der Waals surface area contributed by atoms with Crippen molar-refractivity contribution in [3.8, 4) is 0 Å². The molecular weight excluding hydrogens is 245 g/mol. The van der Waals surface area contributed by atoms with E-state index < -0.39 is 5.54 Å². The second-order valence-corrected chi connectivity index (χ2v) is 5.12. The number of anilines is 1. The van der Waals surface area contributed by atoms with Gasteiger partial charge in [-0.2, -0.15) is 0 Å². The quantitative estimate of drug-likeness (QED) is 0.848. The van der Waals surface area contributed by atoms with E-state index in [1.54, 1.807) is 19.1 Å². The molecule has 104 valence electrons. The summed E-state index contributed by atoms with van der Waals surface area (Å²) in [6.45, 7) is 4.20. The Balaban J connectivity index is 2.26. The summed E-state index contributed by atoms with van der Waals surface area (Å²) in [6.07, 6.45) is 2.67. The average Bonchev–Trinajstić information content (AvgIpc) is 2.72. The number of nitrogens with one attached hydrogen (secondary N) is 1. The lowest BCUT2D eigenvalue weighted by atomic mass is 9.88. The fourth-order valence-corrected chi connectivity index (χ4v) is 2.80. The zero-order valence-corrected chi connectivity index (χ0v) is 11.4.